The monoisotopic (exact) mass is 346 g/mol. The van der Waals surface area contributed by atoms with Gasteiger partial charge in [-0.2, -0.15) is 0 Å². The second kappa shape index (κ2) is 6.00. The predicted molar refractivity (Wildman–Crippen MR) is 80.5 cm³/mol. The van der Waals surface area contributed by atoms with E-state index in [2.05, 4.69) is 9.71 Å². The number of hydrogen-bond donors (Lipinski definition) is 2. The number of benzene rings is 1. The highest BCUT2D eigenvalue weighted by Gasteiger charge is 2.19. The van der Waals surface area contributed by atoms with Gasteiger partial charge >= 0.3 is 5.97 Å². The average Bonchev–Trinajstić information content (AvgIpc) is 2.73. The van der Waals surface area contributed by atoms with E-state index in [9.17, 15) is 13.2 Å². The molecule has 112 valence electrons. The van der Waals surface area contributed by atoms with Gasteiger partial charge in [-0.1, -0.05) is 11.6 Å². The molecular weight excluding hydrogens is 336 g/mol. The summed E-state index contributed by atoms with van der Waals surface area (Å²) in [7, 11) is -3.78. The highest BCUT2D eigenvalue weighted by atomic mass is 35.5. The molecule has 0 unspecified atom stereocenters. The summed E-state index contributed by atoms with van der Waals surface area (Å²) in [6.45, 7) is 1.64. The quantitative estimate of drug-likeness (QED) is 0.867. The number of halogens is 1. The molecule has 1 aromatic carbocycles. The van der Waals surface area contributed by atoms with Crippen LogP contribution in [0.1, 0.15) is 11.3 Å². The van der Waals surface area contributed by atoms with E-state index in [1.807, 2.05) is 0 Å². The Bertz CT molecular complexity index is 786. The number of sulfonamides is 1. The normalized spacial score (nSPS) is 11.3. The van der Waals surface area contributed by atoms with Crippen molar-refractivity contribution in [3.05, 3.63) is 39.9 Å². The van der Waals surface area contributed by atoms with Gasteiger partial charge in [-0.05, 0) is 30.7 Å². The Balaban J connectivity index is 2.25. The van der Waals surface area contributed by atoms with Gasteiger partial charge in [0.05, 0.1) is 17.0 Å². The van der Waals surface area contributed by atoms with Crippen LogP contribution in [0.15, 0.2) is 28.5 Å². The largest absolute Gasteiger partial charge is 0.481 e. The fourth-order valence-electron chi connectivity index (χ4n) is 1.67. The molecule has 0 bridgehead atoms. The molecule has 0 aliphatic heterocycles. The highest BCUT2D eigenvalue weighted by molar-refractivity contribution is 7.93. The Morgan fingerprint density at radius 1 is 1.48 bits per heavy atom. The fraction of sp³-hybridized carbons (Fsp3) is 0.167. The van der Waals surface area contributed by atoms with Gasteiger partial charge in [-0.25, -0.2) is 13.4 Å². The van der Waals surface area contributed by atoms with Gasteiger partial charge in [0.1, 0.15) is 0 Å². The molecule has 0 atom stereocenters. The Kier molecular flexibility index (Phi) is 4.50. The molecule has 2 N–H and O–H groups in total. The zero-order valence-electron chi connectivity index (χ0n) is 10.8. The van der Waals surface area contributed by atoms with Crippen molar-refractivity contribution in [2.24, 2.45) is 0 Å². The van der Waals surface area contributed by atoms with Crippen molar-refractivity contribution < 1.29 is 18.3 Å². The molecule has 1 aromatic heterocycles. The van der Waals surface area contributed by atoms with E-state index in [0.29, 0.717) is 16.3 Å². The van der Waals surface area contributed by atoms with E-state index >= 15 is 0 Å². The lowest BCUT2D eigenvalue weighted by atomic mass is 10.2. The van der Waals surface area contributed by atoms with Crippen molar-refractivity contribution >= 4 is 44.1 Å². The first-order chi connectivity index (χ1) is 9.78. The Morgan fingerprint density at radius 2 is 2.19 bits per heavy atom. The Morgan fingerprint density at radius 3 is 2.81 bits per heavy atom. The number of nitrogens with zero attached hydrogens (tertiary/aromatic N) is 1. The van der Waals surface area contributed by atoms with Gasteiger partial charge in [0.2, 0.25) is 0 Å². The molecule has 0 aliphatic rings. The number of hydrogen-bond acceptors (Lipinski definition) is 5. The molecule has 0 spiro atoms. The number of thiazole rings is 1. The molecule has 1 heterocycles. The molecule has 0 fully saturated rings. The van der Waals surface area contributed by atoms with E-state index in [-0.39, 0.29) is 16.4 Å². The van der Waals surface area contributed by atoms with Crippen molar-refractivity contribution in [3.8, 4) is 0 Å². The zero-order valence-corrected chi connectivity index (χ0v) is 13.2. The first kappa shape index (κ1) is 15.7. The molecule has 0 aliphatic carbocycles. The minimum absolute atomic E-state index is 0.0990. The fourth-order valence-corrected chi connectivity index (χ4v) is 4.09. The second-order valence-corrected chi connectivity index (χ2v) is 7.18. The Hall–Kier alpha value is -1.64. The third-order valence-electron chi connectivity index (χ3n) is 2.53. The summed E-state index contributed by atoms with van der Waals surface area (Å²) >= 11 is 6.83. The lowest BCUT2D eigenvalue weighted by Crippen LogP contribution is -2.14. The number of rotatable bonds is 5. The molecule has 2 rings (SSSR count). The van der Waals surface area contributed by atoms with Crippen LogP contribution in [0.3, 0.4) is 0 Å². The third-order valence-corrected chi connectivity index (χ3v) is 5.20. The minimum Gasteiger partial charge on any atom is -0.481 e. The molecule has 0 radical (unpaired) electrons. The van der Waals surface area contributed by atoms with Gasteiger partial charge in [-0.3, -0.25) is 9.52 Å². The number of aromatic nitrogens is 1. The molecular formula is C12H11ClN2O4S2. The lowest BCUT2D eigenvalue weighted by Gasteiger charge is -2.08. The molecule has 2 aromatic rings. The van der Waals surface area contributed by atoms with E-state index in [0.717, 1.165) is 11.3 Å². The van der Waals surface area contributed by atoms with Crippen LogP contribution in [0, 0.1) is 6.92 Å². The predicted octanol–water partition coefficient (Wildman–Crippen LogP) is 2.53. The molecule has 0 saturated heterocycles. The van der Waals surface area contributed by atoms with Crippen LogP contribution in [-0.2, 0) is 21.2 Å². The molecule has 6 nitrogen and oxygen atoms in total. The zero-order chi connectivity index (χ0) is 15.6. The maximum absolute atomic E-state index is 12.3. The maximum Gasteiger partial charge on any atom is 0.309 e. The number of nitrogens with one attached hydrogen (secondary N) is 1. The van der Waals surface area contributed by atoms with E-state index in [4.69, 9.17) is 16.7 Å². The van der Waals surface area contributed by atoms with Gasteiger partial charge < -0.3 is 5.11 Å². The summed E-state index contributed by atoms with van der Waals surface area (Å²) < 4.78 is 26.9. The Labute approximate surface area is 130 Å². The maximum atomic E-state index is 12.3. The van der Waals surface area contributed by atoms with E-state index in [1.54, 1.807) is 13.0 Å². The van der Waals surface area contributed by atoms with Crippen molar-refractivity contribution in [3.63, 3.8) is 0 Å². The first-order valence-corrected chi connectivity index (χ1v) is 8.47. The van der Waals surface area contributed by atoms with Gasteiger partial charge in [0.15, 0.2) is 5.13 Å². The number of aryl methyl sites for hydroxylation is 1. The molecule has 0 amide bonds. The molecule has 21 heavy (non-hydrogen) atoms. The second-order valence-electron chi connectivity index (χ2n) is 4.23. The molecule has 9 heteroatoms. The standard InChI is InChI=1S/C12H11ClN2O4S2/c1-7-4-8(13)2-3-10(7)21(18,19)15-12-14-9(6-20-12)5-11(16)17/h2-4,6H,5H2,1H3,(H,14,15)(H,16,17). The van der Waals surface area contributed by atoms with E-state index in [1.165, 1.54) is 17.5 Å². The van der Waals surface area contributed by atoms with Crippen LogP contribution in [0.5, 0.6) is 0 Å². The van der Waals surface area contributed by atoms with Crippen LogP contribution >= 0.6 is 22.9 Å². The van der Waals surface area contributed by atoms with Crippen LogP contribution in [0.2, 0.25) is 5.02 Å². The van der Waals surface area contributed by atoms with Crippen molar-refractivity contribution in [1.82, 2.24) is 4.98 Å². The third kappa shape index (κ3) is 3.93. The van der Waals surface area contributed by atoms with Crippen LogP contribution < -0.4 is 4.72 Å². The number of carboxylic acid groups (broad SMARTS) is 1. The number of carboxylic acids is 1. The van der Waals surface area contributed by atoms with Gasteiger partial charge in [-0.15, -0.1) is 11.3 Å². The van der Waals surface area contributed by atoms with E-state index < -0.39 is 16.0 Å². The van der Waals surface area contributed by atoms with Crippen LogP contribution in [-0.4, -0.2) is 24.5 Å². The summed E-state index contributed by atoms with van der Waals surface area (Å²) in [5.74, 6) is -1.02. The summed E-state index contributed by atoms with van der Waals surface area (Å²) in [4.78, 5) is 14.6. The summed E-state index contributed by atoms with van der Waals surface area (Å²) in [5.41, 5.74) is 0.815. The highest BCUT2D eigenvalue weighted by Crippen LogP contribution is 2.24. The SMILES string of the molecule is Cc1cc(Cl)ccc1S(=O)(=O)Nc1nc(CC(=O)O)cs1. The topological polar surface area (TPSA) is 96.4 Å². The number of anilines is 1. The summed E-state index contributed by atoms with van der Waals surface area (Å²) in [6, 6.07) is 4.44. The average molecular weight is 347 g/mol. The number of aliphatic carboxylic acids is 1. The van der Waals surface area contributed by atoms with Crippen molar-refractivity contribution in [1.29, 1.82) is 0 Å². The number of carbonyl (C=O) groups is 1. The van der Waals surface area contributed by atoms with Crippen LogP contribution in [0.4, 0.5) is 5.13 Å². The minimum atomic E-state index is -3.78. The van der Waals surface area contributed by atoms with Gasteiger partial charge in [0, 0.05) is 10.4 Å². The molecule has 0 saturated carbocycles. The van der Waals surface area contributed by atoms with Crippen molar-refractivity contribution in [2.75, 3.05) is 4.72 Å². The first-order valence-electron chi connectivity index (χ1n) is 5.73. The van der Waals surface area contributed by atoms with Crippen LogP contribution in [0.25, 0.3) is 0 Å². The summed E-state index contributed by atoms with van der Waals surface area (Å²) in [5, 5.41) is 10.7. The summed E-state index contributed by atoms with van der Waals surface area (Å²) in [6.07, 6.45) is -0.252. The van der Waals surface area contributed by atoms with Crippen molar-refractivity contribution in [2.45, 2.75) is 18.2 Å². The lowest BCUT2D eigenvalue weighted by molar-refractivity contribution is -0.136. The van der Waals surface area contributed by atoms with Gasteiger partial charge in [0.25, 0.3) is 10.0 Å². The smallest absolute Gasteiger partial charge is 0.309 e.